The summed E-state index contributed by atoms with van der Waals surface area (Å²) in [6, 6.07) is 8.42. The van der Waals surface area contributed by atoms with Crippen molar-refractivity contribution in [2.75, 3.05) is 26.9 Å². The molecule has 0 aliphatic carbocycles. The van der Waals surface area contributed by atoms with E-state index < -0.39 is 53.4 Å². The highest BCUT2D eigenvalue weighted by Gasteiger charge is 2.57. The number of nitrogens with two attached hydrogens (primary N) is 1. The number of fused-ring (bicyclic) bond motifs is 1. The van der Waals surface area contributed by atoms with Gasteiger partial charge in [-0.2, -0.15) is 13.2 Å². The van der Waals surface area contributed by atoms with Crippen LogP contribution >= 0.6 is 0 Å². The van der Waals surface area contributed by atoms with Crippen LogP contribution in [0.3, 0.4) is 0 Å². The Bertz CT molecular complexity index is 1550. The van der Waals surface area contributed by atoms with E-state index in [2.05, 4.69) is 15.6 Å². The quantitative estimate of drug-likeness (QED) is 0.215. The second-order valence-electron chi connectivity index (χ2n) is 10.4. The van der Waals surface area contributed by atoms with Crippen LogP contribution in [-0.4, -0.2) is 66.3 Å². The number of amides is 3. The average molecular weight is 623 g/mol. The molecule has 0 bridgehead atoms. The fourth-order valence-electron chi connectivity index (χ4n) is 4.56. The van der Waals surface area contributed by atoms with Gasteiger partial charge >= 0.3 is 12.2 Å². The molecule has 0 saturated heterocycles. The number of benzene rings is 2. The van der Waals surface area contributed by atoms with E-state index in [0.717, 1.165) is 18.2 Å². The zero-order chi connectivity index (χ0) is 32.4. The SMILES string of the molecule is COc1cc(C(=O)NC[C@@](O)(c2cc3c(c(-c4ccc(F)cc4)n2)OC[C@@]3(C)NC(N)=O)C(F)(F)F)ccc1OC[C@@H](C)O. The third kappa shape index (κ3) is 6.48. The van der Waals surface area contributed by atoms with Crippen molar-refractivity contribution < 1.29 is 51.6 Å². The van der Waals surface area contributed by atoms with Crippen LogP contribution in [0.15, 0.2) is 48.5 Å². The maximum atomic E-state index is 14.6. The fourth-order valence-corrected chi connectivity index (χ4v) is 4.56. The number of ether oxygens (including phenoxy) is 3. The van der Waals surface area contributed by atoms with Crippen LogP contribution in [0.1, 0.15) is 35.5 Å². The van der Waals surface area contributed by atoms with Crippen molar-refractivity contribution in [3.63, 3.8) is 0 Å². The van der Waals surface area contributed by atoms with Gasteiger partial charge in [-0.25, -0.2) is 14.2 Å². The van der Waals surface area contributed by atoms with Gasteiger partial charge < -0.3 is 40.8 Å². The number of rotatable bonds is 10. The maximum Gasteiger partial charge on any atom is 0.424 e. The summed E-state index contributed by atoms with van der Waals surface area (Å²) in [7, 11) is 1.29. The number of carbonyl (C=O) groups is 2. The molecule has 11 nitrogen and oxygen atoms in total. The van der Waals surface area contributed by atoms with Gasteiger partial charge in [-0.3, -0.25) is 4.79 Å². The molecule has 0 fully saturated rings. The minimum Gasteiger partial charge on any atom is -0.493 e. The number of hydrogen-bond acceptors (Lipinski definition) is 8. The molecule has 4 rings (SSSR count). The lowest BCUT2D eigenvalue weighted by Crippen LogP contribution is -2.52. The van der Waals surface area contributed by atoms with Crippen molar-refractivity contribution in [1.82, 2.24) is 15.6 Å². The molecule has 15 heteroatoms. The van der Waals surface area contributed by atoms with Crippen molar-refractivity contribution in [1.29, 1.82) is 0 Å². The minimum atomic E-state index is -5.37. The van der Waals surface area contributed by atoms with Gasteiger partial charge in [0.2, 0.25) is 5.60 Å². The highest BCUT2D eigenvalue weighted by Crippen LogP contribution is 2.47. The normalized spacial score (nSPS) is 17.9. The van der Waals surface area contributed by atoms with Gasteiger partial charge in [-0.1, -0.05) is 0 Å². The lowest BCUT2D eigenvalue weighted by Gasteiger charge is -2.32. The van der Waals surface area contributed by atoms with Crippen LogP contribution in [0.25, 0.3) is 11.3 Å². The number of primary amides is 1. The lowest BCUT2D eigenvalue weighted by atomic mass is 9.88. The summed E-state index contributed by atoms with van der Waals surface area (Å²) >= 11 is 0. The smallest absolute Gasteiger partial charge is 0.424 e. The van der Waals surface area contributed by atoms with Crippen LogP contribution in [0, 0.1) is 5.82 Å². The van der Waals surface area contributed by atoms with Crippen LogP contribution < -0.4 is 30.6 Å². The molecule has 2 aromatic carbocycles. The van der Waals surface area contributed by atoms with E-state index in [1.54, 1.807) is 0 Å². The van der Waals surface area contributed by atoms with E-state index in [0.29, 0.717) is 0 Å². The second-order valence-corrected chi connectivity index (χ2v) is 10.4. The van der Waals surface area contributed by atoms with Gasteiger partial charge in [-0.05, 0) is 62.4 Å². The molecular weight excluding hydrogens is 592 g/mol. The highest BCUT2D eigenvalue weighted by atomic mass is 19.4. The molecule has 0 unspecified atom stereocenters. The van der Waals surface area contributed by atoms with Crippen molar-refractivity contribution >= 4 is 11.9 Å². The van der Waals surface area contributed by atoms with Crippen LogP contribution in [0.5, 0.6) is 17.2 Å². The van der Waals surface area contributed by atoms with E-state index in [1.807, 2.05) is 0 Å². The molecule has 3 aromatic rings. The number of urea groups is 1. The molecule has 3 amide bonds. The van der Waals surface area contributed by atoms with Crippen molar-refractivity contribution in [2.45, 2.75) is 37.3 Å². The standard InChI is InChI=1S/C29H30F4N4O7/c1-15(38)12-43-20-9-6-17(10-21(20)42-3)25(39)35-13-28(41,29(31,32)33)22-11-19-24(44-14-27(19,2)37-26(34)40)23(36-22)16-4-7-18(30)8-5-16/h4-11,15,38,41H,12-14H2,1-3H3,(H,35,39)(H3,34,37,40)/t15-,27-,28-/m1/s1. The first-order chi connectivity index (χ1) is 20.6. The van der Waals surface area contributed by atoms with E-state index in [4.69, 9.17) is 19.9 Å². The minimum absolute atomic E-state index is 0.00448. The largest absolute Gasteiger partial charge is 0.493 e. The molecule has 44 heavy (non-hydrogen) atoms. The Morgan fingerprint density at radius 1 is 1.16 bits per heavy atom. The molecule has 2 heterocycles. The molecule has 0 radical (unpaired) electrons. The second kappa shape index (κ2) is 12.2. The zero-order valence-corrected chi connectivity index (χ0v) is 23.8. The van der Waals surface area contributed by atoms with Crippen LogP contribution in [0.4, 0.5) is 22.4 Å². The van der Waals surface area contributed by atoms with Gasteiger partial charge in [0.1, 0.15) is 30.3 Å². The first-order valence-corrected chi connectivity index (χ1v) is 13.2. The number of nitrogens with one attached hydrogen (secondary N) is 2. The number of aromatic nitrogens is 1. The molecule has 6 N–H and O–H groups in total. The maximum absolute atomic E-state index is 14.6. The number of nitrogens with zero attached hydrogens (tertiary/aromatic N) is 1. The summed E-state index contributed by atoms with van der Waals surface area (Å²) in [6.07, 6.45) is -6.17. The third-order valence-corrected chi connectivity index (χ3v) is 6.89. The summed E-state index contributed by atoms with van der Waals surface area (Å²) < 4.78 is 73.9. The Kier molecular flexibility index (Phi) is 8.93. The Balaban J connectivity index is 1.74. The molecule has 1 aliphatic heterocycles. The van der Waals surface area contributed by atoms with Gasteiger partial charge in [0, 0.05) is 16.7 Å². The molecule has 1 aliphatic rings. The third-order valence-electron chi connectivity index (χ3n) is 6.89. The molecule has 0 saturated carbocycles. The number of aliphatic hydroxyl groups excluding tert-OH is 1. The highest BCUT2D eigenvalue weighted by molar-refractivity contribution is 5.95. The Morgan fingerprint density at radius 3 is 2.43 bits per heavy atom. The van der Waals surface area contributed by atoms with Crippen molar-refractivity contribution in [3.05, 3.63) is 71.2 Å². The number of hydrogen-bond donors (Lipinski definition) is 5. The summed E-state index contributed by atoms with van der Waals surface area (Å²) in [5.74, 6) is -1.35. The monoisotopic (exact) mass is 622 g/mol. The Labute approximate surface area is 248 Å². The number of carbonyl (C=O) groups excluding carboxylic acids is 2. The molecule has 3 atom stereocenters. The average Bonchev–Trinajstić information content (AvgIpc) is 3.29. The number of aliphatic hydroxyl groups is 2. The molecule has 236 valence electrons. The first-order valence-electron chi connectivity index (χ1n) is 13.2. The Morgan fingerprint density at radius 2 is 1.84 bits per heavy atom. The predicted molar refractivity (Wildman–Crippen MR) is 148 cm³/mol. The number of pyridine rings is 1. The molecule has 1 aromatic heterocycles. The topological polar surface area (TPSA) is 165 Å². The van der Waals surface area contributed by atoms with Crippen molar-refractivity contribution in [2.24, 2.45) is 5.73 Å². The fraction of sp³-hybridized carbons (Fsp3) is 0.345. The van der Waals surface area contributed by atoms with Gasteiger partial charge in [0.15, 0.2) is 17.2 Å². The van der Waals surface area contributed by atoms with Crippen LogP contribution in [0.2, 0.25) is 0 Å². The number of methoxy groups -OCH3 is 1. The molecular formula is C29H30F4N4O7. The summed E-state index contributed by atoms with van der Waals surface area (Å²) in [5, 5.41) is 25.2. The number of alkyl halides is 3. The summed E-state index contributed by atoms with van der Waals surface area (Å²) in [6.45, 7) is 1.28. The van der Waals surface area contributed by atoms with E-state index in [-0.39, 0.29) is 52.8 Å². The van der Waals surface area contributed by atoms with E-state index in [9.17, 15) is 37.4 Å². The number of halogens is 4. The van der Waals surface area contributed by atoms with E-state index >= 15 is 0 Å². The van der Waals surface area contributed by atoms with Crippen LogP contribution in [-0.2, 0) is 11.1 Å². The van der Waals surface area contributed by atoms with Crippen molar-refractivity contribution in [3.8, 4) is 28.5 Å². The molecule has 0 spiro atoms. The first kappa shape index (κ1) is 32.3. The van der Waals surface area contributed by atoms with E-state index in [1.165, 1.54) is 51.3 Å². The van der Waals surface area contributed by atoms with Gasteiger partial charge in [0.05, 0.1) is 25.5 Å². The van der Waals surface area contributed by atoms with Gasteiger partial charge in [-0.15, -0.1) is 0 Å². The lowest BCUT2D eigenvalue weighted by molar-refractivity contribution is -0.265. The predicted octanol–water partition coefficient (Wildman–Crippen LogP) is 3.11. The zero-order valence-electron chi connectivity index (χ0n) is 23.8. The Hall–Kier alpha value is -4.63. The van der Waals surface area contributed by atoms with Gasteiger partial charge in [0.25, 0.3) is 5.91 Å². The summed E-state index contributed by atoms with van der Waals surface area (Å²) in [4.78, 5) is 28.8. The summed E-state index contributed by atoms with van der Waals surface area (Å²) in [5.41, 5.74) is -0.888.